The number of hydrogen-bond donors (Lipinski definition) is 4. The lowest BCUT2D eigenvalue weighted by Gasteiger charge is -2.56. The van der Waals surface area contributed by atoms with Gasteiger partial charge in [-0.15, -0.1) is 0 Å². The summed E-state index contributed by atoms with van der Waals surface area (Å²) in [5, 5.41) is 39.9. The second kappa shape index (κ2) is 7.96. The summed E-state index contributed by atoms with van der Waals surface area (Å²) in [5.41, 5.74) is -0.0852. The zero-order chi connectivity index (χ0) is 21.8. The number of aliphatic hydroxyl groups excluding tert-OH is 4. The van der Waals surface area contributed by atoms with Crippen LogP contribution in [0.1, 0.15) is 32.6 Å². The van der Waals surface area contributed by atoms with Gasteiger partial charge in [0.2, 0.25) is 0 Å². The summed E-state index contributed by atoms with van der Waals surface area (Å²) < 4.78 is 17.3. The predicted molar refractivity (Wildman–Crippen MR) is 101 cm³/mol. The maximum absolute atomic E-state index is 12.1. The minimum atomic E-state index is -1.52. The van der Waals surface area contributed by atoms with E-state index >= 15 is 0 Å². The molecule has 9 heteroatoms. The highest BCUT2D eigenvalue weighted by atomic mass is 16.7. The third kappa shape index (κ3) is 3.23. The molecule has 4 aliphatic rings. The summed E-state index contributed by atoms with van der Waals surface area (Å²) in [6, 6.07) is 0. The lowest BCUT2D eigenvalue weighted by atomic mass is 9.52. The lowest BCUT2D eigenvalue weighted by molar-refractivity contribution is -0.328. The molecule has 2 heterocycles. The van der Waals surface area contributed by atoms with E-state index in [1.165, 1.54) is 0 Å². The van der Waals surface area contributed by atoms with Gasteiger partial charge in [0, 0.05) is 28.7 Å². The molecule has 0 amide bonds. The maximum atomic E-state index is 12.1. The van der Waals surface area contributed by atoms with E-state index < -0.39 is 60.9 Å². The molecule has 4 N–H and O–H groups in total. The van der Waals surface area contributed by atoms with Crippen molar-refractivity contribution in [1.29, 1.82) is 0 Å². The Balaban J connectivity index is 1.59. The van der Waals surface area contributed by atoms with Gasteiger partial charge in [-0.05, 0) is 25.7 Å². The van der Waals surface area contributed by atoms with Crippen LogP contribution >= 0.6 is 0 Å². The predicted octanol–water partition coefficient (Wildman–Crippen LogP) is -0.705. The molecule has 0 spiro atoms. The molecule has 0 bridgehead atoms. The zero-order valence-electron chi connectivity index (χ0n) is 16.9. The molecule has 11 atom stereocenters. The van der Waals surface area contributed by atoms with E-state index in [-0.39, 0.29) is 17.8 Å². The Morgan fingerprint density at radius 3 is 2.60 bits per heavy atom. The Hall–Kier alpha value is -1.36. The quantitative estimate of drug-likeness (QED) is 0.260. The summed E-state index contributed by atoms with van der Waals surface area (Å²) in [5.74, 6) is -1.10. The second-order valence-corrected chi connectivity index (χ2v) is 9.27. The SMILES string of the molecule is C=C1C(=O)O[C@@H]2[C@H]3[C@H](C=O)CC[C@@H](O[C@@H]4O[C@H](CO)[C@@H](O)[C@@H](O)[C@@H]4O)[C@]3(C)CC[C@@H]12. The smallest absolute Gasteiger partial charge is 0.334 e. The van der Waals surface area contributed by atoms with E-state index in [1.807, 2.05) is 6.92 Å². The Bertz CT molecular complexity index is 709. The average Bonchev–Trinajstić information content (AvgIpc) is 3.02. The number of esters is 1. The van der Waals surface area contributed by atoms with E-state index in [4.69, 9.17) is 14.2 Å². The molecule has 0 aromatic rings. The number of carbonyl (C=O) groups is 2. The van der Waals surface area contributed by atoms with Gasteiger partial charge in [0.05, 0.1) is 12.7 Å². The largest absolute Gasteiger partial charge is 0.458 e. The van der Waals surface area contributed by atoms with Crippen LogP contribution in [0.4, 0.5) is 0 Å². The van der Waals surface area contributed by atoms with Crippen molar-refractivity contribution in [3.05, 3.63) is 12.2 Å². The van der Waals surface area contributed by atoms with Crippen LogP contribution in [0.15, 0.2) is 12.2 Å². The van der Waals surface area contributed by atoms with E-state index in [9.17, 15) is 30.0 Å². The van der Waals surface area contributed by atoms with Crippen LogP contribution in [0.2, 0.25) is 0 Å². The summed E-state index contributed by atoms with van der Waals surface area (Å²) in [4.78, 5) is 24.0. The molecule has 168 valence electrons. The van der Waals surface area contributed by atoms with Crippen LogP contribution < -0.4 is 0 Å². The van der Waals surface area contributed by atoms with Crippen molar-refractivity contribution >= 4 is 12.3 Å². The van der Waals surface area contributed by atoms with E-state index in [0.717, 1.165) is 6.29 Å². The van der Waals surface area contributed by atoms with Gasteiger partial charge >= 0.3 is 5.97 Å². The minimum Gasteiger partial charge on any atom is -0.458 e. The maximum Gasteiger partial charge on any atom is 0.334 e. The molecule has 4 fully saturated rings. The highest BCUT2D eigenvalue weighted by Gasteiger charge is 2.61. The van der Waals surface area contributed by atoms with Gasteiger partial charge in [-0.25, -0.2) is 4.79 Å². The van der Waals surface area contributed by atoms with Crippen molar-refractivity contribution < 1.29 is 44.2 Å². The first-order valence-corrected chi connectivity index (χ1v) is 10.5. The van der Waals surface area contributed by atoms with Gasteiger partial charge in [0.1, 0.15) is 36.8 Å². The highest BCUT2D eigenvalue weighted by Crippen LogP contribution is 2.58. The average molecular weight is 426 g/mol. The number of rotatable bonds is 4. The van der Waals surface area contributed by atoms with Crippen LogP contribution in [-0.2, 0) is 23.8 Å². The molecule has 0 aromatic heterocycles. The number of fused-ring (bicyclic) bond motifs is 3. The topological polar surface area (TPSA) is 143 Å². The monoisotopic (exact) mass is 426 g/mol. The van der Waals surface area contributed by atoms with Gasteiger partial charge in [-0.3, -0.25) is 0 Å². The summed E-state index contributed by atoms with van der Waals surface area (Å²) in [6.07, 6.45) is -4.34. The molecular formula is C21H30O9. The molecule has 0 unspecified atom stereocenters. The van der Waals surface area contributed by atoms with Crippen LogP contribution in [-0.4, -0.2) is 82.2 Å². The molecule has 4 rings (SSSR count). The van der Waals surface area contributed by atoms with Crippen LogP contribution in [0, 0.1) is 23.2 Å². The van der Waals surface area contributed by atoms with Gasteiger partial charge in [0.25, 0.3) is 0 Å². The molecule has 2 saturated carbocycles. The first kappa shape index (κ1) is 21.9. The van der Waals surface area contributed by atoms with Gasteiger partial charge in [0.15, 0.2) is 6.29 Å². The van der Waals surface area contributed by atoms with Crippen molar-refractivity contribution in [3.63, 3.8) is 0 Å². The Kier molecular flexibility index (Phi) is 5.80. The third-order valence-electron chi connectivity index (χ3n) is 7.74. The standard InChI is InChI=1S/C21H30O9/c1-9-11-5-6-21(2)13(4-3-10(7-22)14(21)18(11)30-19(9)27)29-20-17(26)16(25)15(24)12(8-23)28-20/h7,10-18,20,23-26H,1,3-6,8H2,2H3/t10-,11-,12+,13+,14+,15+,16+,17-,18-,20-,21-/m0/s1. The Morgan fingerprint density at radius 1 is 1.20 bits per heavy atom. The third-order valence-corrected chi connectivity index (χ3v) is 7.74. The molecular weight excluding hydrogens is 396 g/mol. The van der Waals surface area contributed by atoms with Gasteiger partial charge < -0.3 is 39.4 Å². The molecule has 30 heavy (non-hydrogen) atoms. The van der Waals surface area contributed by atoms with E-state index in [2.05, 4.69) is 6.58 Å². The fraction of sp³-hybridized carbons (Fsp3) is 0.810. The summed E-state index contributed by atoms with van der Waals surface area (Å²) in [6.45, 7) is 5.32. The van der Waals surface area contributed by atoms with E-state index in [0.29, 0.717) is 31.3 Å². The Morgan fingerprint density at radius 2 is 1.93 bits per heavy atom. The minimum absolute atomic E-state index is 0.121. The zero-order valence-corrected chi connectivity index (χ0v) is 16.9. The van der Waals surface area contributed by atoms with Crippen molar-refractivity contribution in [1.82, 2.24) is 0 Å². The normalized spacial score (nSPS) is 51.1. The van der Waals surface area contributed by atoms with Crippen molar-refractivity contribution in [2.75, 3.05) is 6.61 Å². The molecule has 0 radical (unpaired) electrons. The van der Waals surface area contributed by atoms with Gasteiger partial charge in [-0.2, -0.15) is 0 Å². The highest BCUT2D eigenvalue weighted by molar-refractivity contribution is 5.91. The summed E-state index contributed by atoms with van der Waals surface area (Å²) >= 11 is 0. The number of aliphatic hydroxyl groups is 4. The number of carbonyl (C=O) groups excluding carboxylic acids is 2. The number of ether oxygens (including phenoxy) is 3. The summed E-state index contributed by atoms with van der Waals surface area (Å²) in [7, 11) is 0. The lowest BCUT2D eigenvalue weighted by Crippen LogP contribution is -2.62. The fourth-order valence-electron chi connectivity index (χ4n) is 5.98. The second-order valence-electron chi connectivity index (χ2n) is 9.27. The molecule has 2 saturated heterocycles. The van der Waals surface area contributed by atoms with Crippen LogP contribution in [0.3, 0.4) is 0 Å². The number of aldehydes is 1. The van der Waals surface area contributed by atoms with Crippen LogP contribution in [0.5, 0.6) is 0 Å². The molecule has 0 aromatic carbocycles. The van der Waals surface area contributed by atoms with Crippen molar-refractivity contribution in [3.8, 4) is 0 Å². The first-order valence-electron chi connectivity index (χ1n) is 10.5. The van der Waals surface area contributed by atoms with E-state index in [1.54, 1.807) is 0 Å². The van der Waals surface area contributed by atoms with Crippen LogP contribution in [0.25, 0.3) is 0 Å². The first-order chi connectivity index (χ1) is 14.2. The number of hydrogen-bond acceptors (Lipinski definition) is 9. The van der Waals surface area contributed by atoms with Crippen molar-refractivity contribution in [2.45, 2.75) is 75.5 Å². The van der Waals surface area contributed by atoms with Gasteiger partial charge in [-0.1, -0.05) is 13.5 Å². The molecule has 2 aliphatic heterocycles. The Labute approximate surface area is 174 Å². The molecule has 2 aliphatic carbocycles. The molecule has 9 nitrogen and oxygen atoms in total. The van der Waals surface area contributed by atoms with Crippen molar-refractivity contribution in [2.24, 2.45) is 23.2 Å². The fourth-order valence-corrected chi connectivity index (χ4v) is 5.98.